The molecule has 0 bridgehead atoms. The largest absolute Gasteiger partial charge is 0.0683 e. The average Bonchev–Trinajstić information content (AvgIpc) is 2.53. The van der Waals surface area contributed by atoms with Crippen molar-refractivity contribution in [1.29, 1.82) is 0 Å². The van der Waals surface area contributed by atoms with Gasteiger partial charge in [0, 0.05) is 0 Å². The van der Waals surface area contributed by atoms with Crippen LogP contribution in [0.4, 0.5) is 0 Å². The van der Waals surface area contributed by atoms with Crippen molar-refractivity contribution in [3.8, 4) is 0 Å². The molecular weight excluding hydrogens is 264 g/mol. The maximum atomic E-state index is 2.32. The second kappa shape index (κ2) is 10.2. The summed E-state index contributed by atoms with van der Waals surface area (Å²) in [5, 5.41) is 0. The first-order valence-electron chi connectivity index (χ1n) is 8.60. The first kappa shape index (κ1) is 20.4. The molecule has 0 saturated heterocycles. The Morgan fingerprint density at radius 1 is 0.727 bits per heavy atom. The lowest BCUT2D eigenvalue weighted by atomic mass is 9.79. The molecule has 0 fully saturated rings. The van der Waals surface area contributed by atoms with Crippen molar-refractivity contribution < 1.29 is 0 Å². The van der Waals surface area contributed by atoms with Crippen LogP contribution in [0.15, 0.2) is 48.5 Å². The van der Waals surface area contributed by atoms with Crippen LogP contribution in [0.25, 0.3) is 0 Å². The standard InChI is InChI=1S/C18H22.2C2H6/c1-14-8-10-16(11-9-14)13-18(3,4)17-7-5-6-15(2)12-17;2*1-2/h5-12H,13H2,1-4H3;2*1-2H3. The van der Waals surface area contributed by atoms with Gasteiger partial charge < -0.3 is 0 Å². The smallest absolute Gasteiger partial charge is 0.00631 e. The zero-order valence-electron chi connectivity index (χ0n) is 15.8. The number of benzene rings is 2. The highest BCUT2D eigenvalue weighted by atomic mass is 14.2. The maximum absolute atomic E-state index is 2.32. The summed E-state index contributed by atoms with van der Waals surface area (Å²) in [6.45, 7) is 16.9. The predicted molar refractivity (Wildman–Crippen MR) is 102 cm³/mol. The van der Waals surface area contributed by atoms with Crippen LogP contribution in [-0.4, -0.2) is 0 Å². The predicted octanol–water partition coefficient (Wildman–Crippen LogP) is 6.88. The van der Waals surface area contributed by atoms with Gasteiger partial charge in [0.2, 0.25) is 0 Å². The van der Waals surface area contributed by atoms with Crippen molar-refractivity contribution >= 4 is 0 Å². The van der Waals surface area contributed by atoms with Crippen LogP contribution in [0.2, 0.25) is 0 Å². The molecule has 0 heteroatoms. The van der Waals surface area contributed by atoms with Gasteiger partial charge in [0.15, 0.2) is 0 Å². The molecule has 0 aromatic heterocycles. The van der Waals surface area contributed by atoms with Gasteiger partial charge in [-0.15, -0.1) is 0 Å². The minimum atomic E-state index is 0.182. The first-order valence-corrected chi connectivity index (χ1v) is 8.60. The molecule has 2 aromatic rings. The van der Waals surface area contributed by atoms with E-state index in [1.807, 2.05) is 27.7 Å². The van der Waals surface area contributed by atoms with Gasteiger partial charge in [-0.05, 0) is 36.8 Å². The lowest BCUT2D eigenvalue weighted by Crippen LogP contribution is -2.20. The van der Waals surface area contributed by atoms with E-state index in [9.17, 15) is 0 Å². The van der Waals surface area contributed by atoms with Crippen LogP contribution in [-0.2, 0) is 11.8 Å². The normalized spacial score (nSPS) is 10.0. The van der Waals surface area contributed by atoms with E-state index in [1.54, 1.807) is 0 Å². The molecule has 2 aromatic carbocycles. The maximum Gasteiger partial charge on any atom is -0.00631 e. The summed E-state index contributed by atoms with van der Waals surface area (Å²) in [6.07, 6.45) is 1.08. The fourth-order valence-electron chi connectivity index (χ4n) is 2.38. The summed E-state index contributed by atoms with van der Waals surface area (Å²) in [5.74, 6) is 0. The van der Waals surface area contributed by atoms with Gasteiger partial charge in [-0.3, -0.25) is 0 Å². The van der Waals surface area contributed by atoms with Crippen molar-refractivity contribution in [3.05, 3.63) is 70.8 Å². The Morgan fingerprint density at radius 3 is 1.77 bits per heavy atom. The molecule has 2 rings (SSSR count). The summed E-state index contributed by atoms with van der Waals surface area (Å²) >= 11 is 0. The van der Waals surface area contributed by atoms with E-state index in [0.29, 0.717) is 0 Å². The third-order valence-corrected chi connectivity index (χ3v) is 3.57. The van der Waals surface area contributed by atoms with E-state index in [2.05, 4.69) is 76.2 Å². The molecule has 0 heterocycles. The van der Waals surface area contributed by atoms with E-state index in [1.165, 1.54) is 22.3 Å². The Balaban J connectivity index is 0.00000102. The van der Waals surface area contributed by atoms with Gasteiger partial charge >= 0.3 is 0 Å². The SMILES string of the molecule is CC.CC.Cc1ccc(CC(C)(C)c2cccc(C)c2)cc1. The molecule has 122 valence electrons. The zero-order chi connectivity index (χ0) is 17.2. The third kappa shape index (κ3) is 6.47. The molecule has 0 saturated carbocycles. The minimum Gasteiger partial charge on any atom is -0.0683 e. The number of hydrogen-bond acceptors (Lipinski definition) is 0. The molecule has 0 aliphatic rings. The molecule has 0 N–H and O–H groups in total. The average molecular weight is 299 g/mol. The topological polar surface area (TPSA) is 0 Å². The molecule has 0 spiro atoms. The molecule has 22 heavy (non-hydrogen) atoms. The van der Waals surface area contributed by atoms with E-state index in [4.69, 9.17) is 0 Å². The minimum absolute atomic E-state index is 0.182. The van der Waals surface area contributed by atoms with Crippen LogP contribution in [0, 0.1) is 13.8 Å². The monoisotopic (exact) mass is 298 g/mol. The Labute approximate surface area is 138 Å². The summed E-state index contributed by atoms with van der Waals surface area (Å²) in [7, 11) is 0. The summed E-state index contributed by atoms with van der Waals surface area (Å²) in [6, 6.07) is 17.7. The number of aryl methyl sites for hydroxylation is 2. The molecular formula is C22H34. The van der Waals surface area contributed by atoms with Crippen molar-refractivity contribution in [3.63, 3.8) is 0 Å². The highest BCUT2D eigenvalue weighted by molar-refractivity contribution is 5.31. The van der Waals surface area contributed by atoms with Gasteiger partial charge in [-0.25, -0.2) is 0 Å². The van der Waals surface area contributed by atoms with Crippen LogP contribution >= 0.6 is 0 Å². The summed E-state index contributed by atoms with van der Waals surface area (Å²) in [4.78, 5) is 0. The second-order valence-corrected chi connectivity index (χ2v) is 5.92. The van der Waals surface area contributed by atoms with Gasteiger partial charge in [-0.1, -0.05) is 101 Å². The van der Waals surface area contributed by atoms with Gasteiger partial charge in [0.1, 0.15) is 0 Å². The van der Waals surface area contributed by atoms with Crippen molar-refractivity contribution in [2.45, 2.75) is 67.2 Å². The molecule has 0 amide bonds. The summed E-state index contributed by atoms with van der Waals surface area (Å²) in [5.41, 5.74) is 5.67. The Morgan fingerprint density at radius 2 is 1.27 bits per heavy atom. The first-order chi connectivity index (χ1) is 10.5. The molecule has 0 aliphatic heterocycles. The van der Waals surface area contributed by atoms with Crippen LogP contribution in [0.5, 0.6) is 0 Å². The highest BCUT2D eigenvalue weighted by Crippen LogP contribution is 2.28. The fraction of sp³-hybridized carbons (Fsp3) is 0.455. The molecule has 0 aliphatic carbocycles. The number of hydrogen-bond donors (Lipinski definition) is 0. The van der Waals surface area contributed by atoms with Crippen molar-refractivity contribution in [1.82, 2.24) is 0 Å². The van der Waals surface area contributed by atoms with Gasteiger partial charge in [-0.2, -0.15) is 0 Å². The van der Waals surface area contributed by atoms with Crippen molar-refractivity contribution in [2.24, 2.45) is 0 Å². The zero-order valence-corrected chi connectivity index (χ0v) is 15.8. The third-order valence-electron chi connectivity index (χ3n) is 3.57. The Bertz CT molecular complexity index is 518. The highest BCUT2D eigenvalue weighted by Gasteiger charge is 2.20. The van der Waals surface area contributed by atoms with Gasteiger partial charge in [0.25, 0.3) is 0 Å². The van der Waals surface area contributed by atoms with E-state index in [-0.39, 0.29) is 5.41 Å². The van der Waals surface area contributed by atoms with E-state index in [0.717, 1.165) is 6.42 Å². The van der Waals surface area contributed by atoms with Gasteiger partial charge in [0.05, 0.1) is 0 Å². The number of rotatable bonds is 3. The second-order valence-electron chi connectivity index (χ2n) is 5.92. The lowest BCUT2D eigenvalue weighted by Gasteiger charge is -2.26. The summed E-state index contributed by atoms with van der Waals surface area (Å²) < 4.78 is 0. The van der Waals surface area contributed by atoms with Crippen LogP contribution < -0.4 is 0 Å². The molecule has 0 atom stereocenters. The Hall–Kier alpha value is -1.56. The lowest BCUT2D eigenvalue weighted by molar-refractivity contribution is 0.522. The van der Waals surface area contributed by atoms with Crippen molar-refractivity contribution in [2.75, 3.05) is 0 Å². The van der Waals surface area contributed by atoms with E-state index >= 15 is 0 Å². The van der Waals surface area contributed by atoms with E-state index < -0.39 is 0 Å². The van der Waals surface area contributed by atoms with Crippen LogP contribution in [0.1, 0.15) is 63.8 Å². The Kier molecular flexibility index (Phi) is 9.49. The molecule has 0 nitrogen and oxygen atoms in total. The quantitative estimate of drug-likeness (QED) is 0.579. The van der Waals surface area contributed by atoms with Crippen LogP contribution in [0.3, 0.4) is 0 Å². The molecule has 0 unspecified atom stereocenters. The molecule has 0 radical (unpaired) electrons. The fourth-order valence-corrected chi connectivity index (χ4v) is 2.38.